The Labute approximate surface area is 247 Å². The number of ether oxygens (including phenoxy) is 4. The lowest BCUT2D eigenvalue weighted by Crippen LogP contribution is -2.41. The van der Waals surface area contributed by atoms with Crippen molar-refractivity contribution in [3.05, 3.63) is 94.3 Å². The van der Waals surface area contributed by atoms with Crippen molar-refractivity contribution in [2.45, 2.75) is 71.1 Å². The van der Waals surface area contributed by atoms with Crippen molar-refractivity contribution in [2.75, 3.05) is 20.8 Å². The summed E-state index contributed by atoms with van der Waals surface area (Å²) in [6.07, 6.45) is 0.504. The molecule has 8 heteroatoms. The van der Waals surface area contributed by atoms with Crippen LogP contribution in [0, 0.1) is 12.7 Å². The fourth-order valence-electron chi connectivity index (χ4n) is 5.33. The van der Waals surface area contributed by atoms with E-state index in [1.54, 1.807) is 17.0 Å². The molecule has 0 N–H and O–H groups in total. The van der Waals surface area contributed by atoms with Crippen LogP contribution in [0.4, 0.5) is 9.18 Å². The van der Waals surface area contributed by atoms with Crippen LogP contribution < -0.4 is 9.47 Å². The van der Waals surface area contributed by atoms with E-state index >= 15 is 0 Å². The summed E-state index contributed by atoms with van der Waals surface area (Å²) in [5, 5.41) is 0. The number of benzene rings is 3. The molecule has 0 fully saturated rings. The molecule has 42 heavy (non-hydrogen) atoms. The van der Waals surface area contributed by atoms with Crippen LogP contribution in [0.3, 0.4) is 0 Å². The van der Waals surface area contributed by atoms with Gasteiger partial charge in [-0.15, -0.1) is 0 Å². The predicted molar refractivity (Wildman–Crippen MR) is 159 cm³/mol. The van der Waals surface area contributed by atoms with Crippen LogP contribution in [0.1, 0.15) is 85.1 Å². The maximum Gasteiger partial charge on any atom is 0.410 e. The van der Waals surface area contributed by atoms with Crippen molar-refractivity contribution in [3.63, 3.8) is 0 Å². The van der Waals surface area contributed by atoms with Gasteiger partial charge in [0.2, 0.25) is 0 Å². The van der Waals surface area contributed by atoms with Gasteiger partial charge in [-0.2, -0.15) is 0 Å². The normalized spacial score (nSPS) is 17.0. The lowest BCUT2D eigenvalue weighted by Gasteiger charge is -2.36. The van der Waals surface area contributed by atoms with Crippen LogP contribution in [0.2, 0.25) is 0 Å². The Morgan fingerprint density at radius 1 is 1.07 bits per heavy atom. The van der Waals surface area contributed by atoms with Gasteiger partial charge in [-0.25, -0.2) is 14.0 Å². The molecule has 3 aromatic carbocycles. The number of para-hydroxylation sites is 1. The number of rotatable bonds is 8. The largest absolute Gasteiger partial charge is 0.494 e. The number of halogens is 1. The molecular weight excluding hydrogens is 537 g/mol. The van der Waals surface area contributed by atoms with Crippen LogP contribution in [0.5, 0.6) is 11.5 Å². The van der Waals surface area contributed by atoms with Crippen LogP contribution in [-0.2, 0) is 9.47 Å². The second kappa shape index (κ2) is 12.8. The van der Waals surface area contributed by atoms with Gasteiger partial charge in [0.15, 0.2) is 11.6 Å². The van der Waals surface area contributed by atoms with Gasteiger partial charge in [-0.1, -0.05) is 36.4 Å². The fraction of sp³-hybridized carbons (Fsp3) is 0.412. The van der Waals surface area contributed by atoms with Crippen molar-refractivity contribution >= 4 is 12.1 Å². The van der Waals surface area contributed by atoms with E-state index in [1.807, 2.05) is 77.1 Å². The standard InChI is InChI=1S/C34H40FNO6/c1-21-12-13-24(18-27(21)32(37)40-7)28-20-25(41-30-11-9-8-10-26(28)30)16-17-36(33(38)42-34(3,4)5)22(2)23-14-15-29(35)31(19-23)39-6/h8-15,18-19,22,25,28H,16-17,20H2,1-7H3/t22-,25-,28?/m1/s1. The highest BCUT2D eigenvalue weighted by Crippen LogP contribution is 2.42. The fourth-order valence-corrected chi connectivity index (χ4v) is 5.33. The number of amides is 1. The van der Waals surface area contributed by atoms with E-state index < -0.39 is 23.6 Å². The highest BCUT2D eigenvalue weighted by molar-refractivity contribution is 5.91. The molecule has 1 aliphatic heterocycles. The zero-order chi connectivity index (χ0) is 30.6. The highest BCUT2D eigenvalue weighted by Gasteiger charge is 2.33. The maximum absolute atomic E-state index is 14.1. The molecule has 0 saturated carbocycles. The van der Waals surface area contributed by atoms with E-state index in [0.717, 1.165) is 28.0 Å². The summed E-state index contributed by atoms with van der Waals surface area (Å²) < 4.78 is 36.5. The third-order valence-corrected chi connectivity index (χ3v) is 7.60. The smallest absolute Gasteiger partial charge is 0.410 e. The average Bonchev–Trinajstić information content (AvgIpc) is 2.96. The van der Waals surface area contributed by atoms with Gasteiger partial charge in [0.1, 0.15) is 17.5 Å². The van der Waals surface area contributed by atoms with E-state index in [1.165, 1.54) is 20.3 Å². The molecule has 1 aliphatic rings. The first-order chi connectivity index (χ1) is 19.9. The molecule has 1 unspecified atom stereocenters. The Bertz CT molecular complexity index is 1430. The van der Waals surface area contributed by atoms with Gasteiger partial charge in [0.05, 0.1) is 25.8 Å². The Morgan fingerprint density at radius 3 is 2.50 bits per heavy atom. The molecule has 0 aromatic heterocycles. The molecule has 4 rings (SSSR count). The van der Waals surface area contributed by atoms with Gasteiger partial charge < -0.3 is 23.8 Å². The molecule has 0 saturated heterocycles. The van der Waals surface area contributed by atoms with Crippen LogP contribution in [0.15, 0.2) is 60.7 Å². The number of esters is 1. The number of hydrogen-bond acceptors (Lipinski definition) is 6. The molecule has 1 heterocycles. The zero-order valence-electron chi connectivity index (χ0n) is 25.4. The Balaban J connectivity index is 1.61. The van der Waals surface area contributed by atoms with Crippen molar-refractivity contribution in [3.8, 4) is 11.5 Å². The number of aryl methyl sites for hydroxylation is 1. The minimum atomic E-state index is -0.691. The van der Waals surface area contributed by atoms with E-state index in [-0.39, 0.29) is 23.7 Å². The maximum atomic E-state index is 14.1. The molecular formula is C34H40FNO6. The Hall–Kier alpha value is -4.07. The number of carbonyl (C=O) groups excluding carboxylic acids is 2. The first-order valence-electron chi connectivity index (χ1n) is 14.2. The molecule has 224 valence electrons. The van der Waals surface area contributed by atoms with Crippen LogP contribution in [0.25, 0.3) is 0 Å². The third kappa shape index (κ3) is 7.04. The third-order valence-electron chi connectivity index (χ3n) is 7.60. The zero-order valence-corrected chi connectivity index (χ0v) is 25.4. The van der Waals surface area contributed by atoms with Gasteiger partial charge in [0.25, 0.3) is 0 Å². The first kappa shape index (κ1) is 30.9. The number of fused-ring (bicyclic) bond motifs is 1. The SMILES string of the molecule is COC(=O)c1cc(C2C[C@@H](CCN(C(=O)OC(C)(C)C)[C@H](C)c3ccc(F)c(OC)c3)Oc3ccccc32)ccc1C. The molecule has 0 bridgehead atoms. The minimum Gasteiger partial charge on any atom is -0.494 e. The molecule has 3 atom stereocenters. The van der Waals surface area contributed by atoms with E-state index in [4.69, 9.17) is 18.9 Å². The summed E-state index contributed by atoms with van der Waals surface area (Å²) in [4.78, 5) is 27.5. The van der Waals surface area contributed by atoms with Crippen LogP contribution >= 0.6 is 0 Å². The quantitative estimate of drug-likeness (QED) is 0.257. The molecule has 3 aromatic rings. The summed E-state index contributed by atoms with van der Waals surface area (Å²) in [5.74, 6) is 0.0365. The molecule has 0 spiro atoms. The number of methoxy groups -OCH3 is 2. The lowest BCUT2D eigenvalue weighted by atomic mass is 9.82. The molecule has 0 aliphatic carbocycles. The summed E-state index contributed by atoms with van der Waals surface area (Å²) >= 11 is 0. The monoisotopic (exact) mass is 577 g/mol. The molecule has 7 nitrogen and oxygen atoms in total. The second-order valence-electron chi connectivity index (χ2n) is 11.7. The van der Waals surface area contributed by atoms with Crippen LogP contribution in [-0.4, -0.2) is 49.4 Å². The van der Waals surface area contributed by atoms with Gasteiger partial charge in [0, 0.05) is 24.4 Å². The van der Waals surface area contributed by atoms with E-state index in [2.05, 4.69) is 0 Å². The summed E-state index contributed by atoms with van der Waals surface area (Å²) in [7, 11) is 2.79. The Kier molecular flexibility index (Phi) is 9.44. The topological polar surface area (TPSA) is 74.3 Å². The summed E-state index contributed by atoms with van der Waals surface area (Å²) in [6, 6.07) is 18.0. The number of nitrogens with zero attached hydrogens (tertiary/aromatic N) is 1. The lowest BCUT2D eigenvalue weighted by molar-refractivity contribution is 0.0140. The van der Waals surface area contributed by atoms with E-state index in [0.29, 0.717) is 24.9 Å². The van der Waals surface area contributed by atoms with Crippen molar-refractivity contribution in [1.82, 2.24) is 4.90 Å². The summed E-state index contributed by atoms with van der Waals surface area (Å²) in [5.41, 5.74) is 3.46. The number of hydrogen-bond donors (Lipinski definition) is 0. The van der Waals surface area contributed by atoms with Gasteiger partial charge in [-0.05, 0) is 82.0 Å². The second-order valence-corrected chi connectivity index (χ2v) is 11.7. The van der Waals surface area contributed by atoms with E-state index in [9.17, 15) is 14.0 Å². The number of carbonyl (C=O) groups is 2. The minimum absolute atomic E-state index is 0.0160. The average molecular weight is 578 g/mol. The van der Waals surface area contributed by atoms with Crippen molar-refractivity contribution in [2.24, 2.45) is 0 Å². The van der Waals surface area contributed by atoms with Gasteiger partial charge in [-0.3, -0.25) is 0 Å². The highest BCUT2D eigenvalue weighted by atomic mass is 19.1. The predicted octanol–water partition coefficient (Wildman–Crippen LogP) is 7.60. The van der Waals surface area contributed by atoms with Gasteiger partial charge >= 0.3 is 12.1 Å². The van der Waals surface area contributed by atoms with Crippen molar-refractivity contribution in [1.29, 1.82) is 0 Å². The molecule has 1 amide bonds. The molecule has 0 radical (unpaired) electrons. The van der Waals surface area contributed by atoms with Crippen molar-refractivity contribution < 1.29 is 32.9 Å². The first-order valence-corrected chi connectivity index (χ1v) is 14.2. The Morgan fingerprint density at radius 2 is 1.81 bits per heavy atom. The summed E-state index contributed by atoms with van der Waals surface area (Å²) in [6.45, 7) is 9.59.